The molecule has 0 bridgehead atoms. The van der Waals surface area contributed by atoms with Crippen molar-refractivity contribution in [3.63, 3.8) is 0 Å². The first-order valence-electron chi connectivity index (χ1n) is 10.9. The zero-order valence-corrected chi connectivity index (χ0v) is 20.3. The second-order valence-electron chi connectivity index (χ2n) is 8.43. The molecule has 0 aliphatic carbocycles. The van der Waals surface area contributed by atoms with Crippen LogP contribution in [-0.2, 0) is 17.8 Å². The smallest absolute Gasteiger partial charge is 0.255 e. The van der Waals surface area contributed by atoms with Gasteiger partial charge in [0.2, 0.25) is 0 Å². The molecule has 1 aliphatic rings. The third-order valence-electron chi connectivity index (χ3n) is 5.77. The zero-order chi connectivity index (χ0) is 22.7. The second-order valence-corrected chi connectivity index (χ2v) is 9.35. The molecule has 2 unspecified atom stereocenters. The van der Waals surface area contributed by atoms with Crippen molar-refractivity contribution in [3.8, 4) is 5.69 Å². The molecular formula is C25H29BrN4O2. The van der Waals surface area contributed by atoms with Gasteiger partial charge in [-0.3, -0.25) is 9.69 Å². The number of aromatic nitrogens is 2. The molecule has 1 fully saturated rings. The van der Waals surface area contributed by atoms with Crippen LogP contribution in [0.2, 0.25) is 0 Å². The molecule has 1 aliphatic heterocycles. The van der Waals surface area contributed by atoms with Gasteiger partial charge in [-0.1, -0.05) is 40.2 Å². The Labute approximate surface area is 197 Å². The summed E-state index contributed by atoms with van der Waals surface area (Å²) in [6, 6.07) is 16.2. The number of amides is 1. The number of nitrogens with zero attached hydrogens (tertiary/aromatic N) is 3. The lowest BCUT2D eigenvalue weighted by molar-refractivity contribution is -0.0705. The molecule has 32 heavy (non-hydrogen) atoms. The number of hydrogen-bond donors (Lipinski definition) is 1. The standard InChI is InChI=1S/C25H29BrN4O2/c1-17-14-29(15-18(2)32-17)16-21-7-5-4-6-20(21)12-27-25(31)24-13-28-30(19(24)3)23-10-8-22(26)9-11-23/h4-11,13,17-18H,12,14-16H2,1-3H3,(H,27,31). The molecule has 7 heteroatoms. The molecule has 6 nitrogen and oxygen atoms in total. The van der Waals surface area contributed by atoms with E-state index >= 15 is 0 Å². The van der Waals surface area contributed by atoms with Crippen molar-refractivity contribution in [2.45, 2.75) is 46.1 Å². The summed E-state index contributed by atoms with van der Waals surface area (Å²) in [5.41, 5.74) is 4.68. The summed E-state index contributed by atoms with van der Waals surface area (Å²) in [7, 11) is 0. The summed E-state index contributed by atoms with van der Waals surface area (Å²) in [4.78, 5) is 15.3. The minimum absolute atomic E-state index is 0.116. The summed E-state index contributed by atoms with van der Waals surface area (Å²) in [6.07, 6.45) is 2.10. The van der Waals surface area contributed by atoms with E-state index in [0.29, 0.717) is 12.1 Å². The molecule has 3 aromatic rings. The van der Waals surface area contributed by atoms with E-state index in [4.69, 9.17) is 4.74 Å². The molecule has 1 N–H and O–H groups in total. The van der Waals surface area contributed by atoms with Crippen LogP contribution in [-0.4, -0.2) is 45.9 Å². The van der Waals surface area contributed by atoms with E-state index in [2.05, 4.69) is 63.3 Å². The van der Waals surface area contributed by atoms with Gasteiger partial charge in [-0.25, -0.2) is 4.68 Å². The Kier molecular flexibility index (Phi) is 7.08. The van der Waals surface area contributed by atoms with Crippen LogP contribution in [0.5, 0.6) is 0 Å². The van der Waals surface area contributed by atoms with Crippen molar-refractivity contribution in [2.75, 3.05) is 13.1 Å². The Balaban J connectivity index is 1.43. The number of carbonyl (C=O) groups is 1. The highest BCUT2D eigenvalue weighted by Gasteiger charge is 2.23. The Bertz CT molecular complexity index is 1070. The molecular weight excluding hydrogens is 468 g/mol. The van der Waals surface area contributed by atoms with Gasteiger partial charge in [0.05, 0.1) is 35.3 Å². The largest absolute Gasteiger partial charge is 0.373 e. The summed E-state index contributed by atoms with van der Waals surface area (Å²) in [6.45, 7) is 9.31. The lowest BCUT2D eigenvalue weighted by Crippen LogP contribution is -2.45. The van der Waals surface area contributed by atoms with Crippen molar-refractivity contribution in [3.05, 3.63) is 81.6 Å². The van der Waals surface area contributed by atoms with Crippen molar-refractivity contribution in [2.24, 2.45) is 0 Å². The monoisotopic (exact) mass is 496 g/mol. The first kappa shape index (κ1) is 22.7. The number of hydrogen-bond acceptors (Lipinski definition) is 4. The van der Waals surface area contributed by atoms with Crippen LogP contribution < -0.4 is 5.32 Å². The fourth-order valence-electron chi connectivity index (χ4n) is 4.28. The first-order valence-corrected chi connectivity index (χ1v) is 11.7. The van der Waals surface area contributed by atoms with Crippen LogP contribution >= 0.6 is 15.9 Å². The maximum atomic E-state index is 12.9. The SMILES string of the molecule is Cc1c(C(=O)NCc2ccccc2CN2CC(C)OC(C)C2)cnn1-c1ccc(Br)cc1. The van der Waals surface area contributed by atoms with Gasteiger partial charge in [-0.2, -0.15) is 5.10 Å². The van der Waals surface area contributed by atoms with Gasteiger partial charge in [-0.05, 0) is 56.2 Å². The predicted molar refractivity (Wildman–Crippen MR) is 129 cm³/mol. The van der Waals surface area contributed by atoms with Crippen LogP contribution in [0.3, 0.4) is 0 Å². The number of halogens is 1. The number of benzene rings is 2. The third kappa shape index (κ3) is 5.28. The normalized spacial score (nSPS) is 19.1. The minimum Gasteiger partial charge on any atom is -0.373 e. The van der Waals surface area contributed by atoms with Crippen molar-refractivity contribution >= 4 is 21.8 Å². The highest BCUT2D eigenvalue weighted by atomic mass is 79.9. The predicted octanol–water partition coefficient (Wildman–Crippen LogP) is 4.48. The summed E-state index contributed by atoms with van der Waals surface area (Å²) < 4.78 is 8.65. The number of morpholine rings is 1. The number of rotatable bonds is 6. The van der Waals surface area contributed by atoms with E-state index < -0.39 is 0 Å². The van der Waals surface area contributed by atoms with Gasteiger partial charge in [0, 0.05) is 30.7 Å². The molecule has 4 rings (SSSR count). The molecule has 1 saturated heterocycles. The van der Waals surface area contributed by atoms with Gasteiger partial charge in [0.1, 0.15) is 0 Å². The molecule has 0 saturated carbocycles. The second kappa shape index (κ2) is 9.98. The number of carbonyl (C=O) groups excluding carboxylic acids is 1. The molecule has 0 radical (unpaired) electrons. The number of nitrogens with one attached hydrogen (secondary N) is 1. The van der Waals surface area contributed by atoms with Crippen LogP contribution in [0.1, 0.15) is 41.0 Å². The Morgan fingerprint density at radius 1 is 1.09 bits per heavy atom. The molecule has 1 amide bonds. The molecule has 2 heterocycles. The van der Waals surface area contributed by atoms with Gasteiger partial charge in [0.25, 0.3) is 5.91 Å². The Hall–Kier alpha value is -2.48. The maximum Gasteiger partial charge on any atom is 0.255 e. The average Bonchev–Trinajstić information content (AvgIpc) is 3.14. The zero-order valence-electron chi connectivity index (χ0n) is 18.7. The third-order valence-corrected chi connectivity index (χ3v) is 6.30. The van der Waals surface area contributed by atoms with Crippen molar-refractivity contribution in [1.29, 1.82) is 0 Å². The highest BCUT2D eigenvalue weighted by molar-refractivity contribution is 9.10. The Morgan fingerprint density at radius 2 is 1.75 bits per heavy atom. The van der Waals surface area contributed by atoms with Crippen molar-refractivity contribution < 1.29 is 9.53 Å². The summed E-state index contributed by atoms with van der Waals surface area (Å²) in [5.74, 6) is -0.116. The Morgan fingerprint density at radius 3 is 2.44 bits per heavy atom. The van der Waals surface area contributed by atoms with Gasteiger partial charge < -0.3 is 10.1 Å². The molecule has 0 spiro atoms. The number of ether oxygens (including phenoxy) is 1. The van der Waals surface area contributed by atoms with E-state index in [1.807, 2.05) is 37.3 Å². The van der Waals surface area contributed by atoms with Gasteiger partial charge in [-0.15, -0.1) is 0 Å². The summed E-state index contributed by atoms with van der Waals surface area (Å²) >= 11 is 3.45. The van der Waals surface area contributed by atoms with E-state index in [1.165, 1.54) is 5.56 Å². The van der Waals surface area contributed by atoms with Crippen LogP contribution in [0.15, 0.2) is 59.2 Å². The van der Waals surface area contributed by atoms with Crippen LogP contribution in [0.25, 0.3) is 5.69 Å². The average molecular weight is 497 g/mol. The molecule has 168 valence electrons. The molecule has 2 atom stereocenters. The fourth-order valence-corrected chi connectivity index (χ4v) is 4.55. The van der Waals surface area contributed by atoms with Gasteiger partial charge >= 0.3 is 0 Å². The summed E-state index contributed by atoms with van der Waals surface area (Å²) in [5, 5.41) is 7.50. The van der Waals surface area contributed by atoms with Crippen molar-refractivity contribution in [1.82, 2.24) is 20.0 Å². The first-order chi connectivity index (χ1) is 15.4. The van der Waals surface area contributed by atoms with Gasteiger partial charge in [0.15, 0.2) is 0 Å². The topological polar surface area (TPSA) is 59.4 Å². The lowest BCUT2D eigenvalue weighted by atomic mass is 10.1. The highest BCUT2D eigenvalue weighted by Crippen LogP contribution is 2.19. The maximum absolute atomic E-state index is 12.9. The minimum atomic E-state index is -0.116. The van der Waals surface area contributed by atoms with Crippen LogP contribution in [0.4, 0.5) is 0 Å². The fraction of sp³-hybridized carbons (Fsp3) is 0.360. The quantitative estimate of drug-likeness (QED) is 0.546. The molecule has 2 aromatic carbocycles. The van der Waals surface area contributed by atoms with Crippen LogP contribution in [0, 0.1) is 6.92 Å². The molecule has 1 aromatic heterocycles. The van der Waals surface area contributed by atoms with E-state index in [9.17, 15) is 4.79 Å². The lowest BCUT2D eigenvalue weighted by Gasteiger charge is -2.35. The van der Waals surface area contributed by atoms with E-state index in [-0.39, 0.29) is 18.1 Å². The van der Waals surface area contributed by atoms with E-state index in [0.717, 1.165) is 41.1 Å². The van der Waals surface area contributed by atoms with E-state index in [1.54, 1.807) is 10.9 Å².